The zero-order valence-electron chi connectivity index (χ0n) is 20.1. The molecule has 0 saturated heterocycles. The van der Waals surface area contributed by atoms with Crippen LogP contribution >= 0.6 is 0 Å². The minimum atomic E-state index is -1.64. The Bertz CT molecular complexity index is 1250. The predicted molar refractivity (Wildman–Crippen MR) is 136 cm³/mol. The molecule has 0 unspecified atom stereocenters. The number of amides is 2. The van der Waals surface area contributed by atoms with Crippen LogP contribution in [0, 0.1) is 25.7 Å². The smallest absolute Gasteiger partial charge is 0.235 e. The van der Waals surface area contributed by atoms with E-state index in [1.807, 2.05) is 56.3 Å². The molecule has 3 aromatic rings. The van der Waals surface area contributed by atoms with Crippen molar-refractivity contribution in [2.75, 3.05) is 10.6 Å². The third-order valence-corrected chi connectivity index (χ3v) is 6.82. The third kappa shape index (κ3) is 5.03. The maximum Gasteiger partial charge on any atom is 0.235 e. The summed E-state index contributed by atoms with van der Waals surface area (Å²) < 4.78 is 0. The van der Waals surface area contributed by atoms with Gasteiger partial charge in [-0.1, -0.05) is 66.7 Å². The molecular weight excluding hydrogens is 440 g/mol. The minimum Gasteiger partial charge on any atom is -0.389 e. The second kappa shape index (κ2) is 9.84. The SMILES string of the molecule is Cc1ccccc1NC(=O)[C@H]1C(=O)C[C@](C)(O)[C@@H](C(=O)Nc2ccccc2C)[C@H]1c1ccccc1. The lowest BCUT2D eigenvalue weighted by Gasteiger charge is -2.44. The fraction of sp³-hybridized carbons (Fsp3) is 0.276. The molecule has 1 aliphatic rings. The largest absolute Gasteiger partial charge is 0.389 e. The van der Waals surface area contributed by atoms with E-state index in [-0.39, 0.29) is 6.42 Å². The molecule has 1 fully saturated rings. The van der Waals surface area contributed by atoms with Gasteiger partial charge in [-0.3, -0.25) is 14.4 Å². The van der Waals surface area contributed by atoms with Crippen LogP contribution in [0.1, 0.15) is 36.0 Å². The van der Waals surface area contributed by atoms with Gasteiger partial charge in [-0.05, 0) is 49.6 Å². The van der Waals surface area contributed by atoms with Gasteiger partial charge in [0.25, 0.3) is 0 Å². The van der Waals surface area contributed by atoms with Crippen LogP contribution in [0.15, 0.2) is 78.9 Å². The number of rotatable bonds is 5. The van der Waals surface area contributed by atoms with E-state index in [9.17, 15) is 19.5 Å². The number of carbonyl (C=O) groups excluding carboxylic acids is 3. The number of benzene rings is 3. The Morgan fingerprint density at radius 2 is 1.29 bits per heavy atom. The number of hydrogen-bond acceptors (Lipinski definition) is 4. The Balaban J connectivity index is 1.76. The highest BCUT2D eigenvalue weighted by atomic mass is 16.3. The van der Waals surface area contributed by atoms with E-state index < -0.39 is 41.0 Å². The van der Waals surface area contributed by atoms with Gasteiger partial charge in [0.2, 0.25) is 11.8 Å². The highest BCUT2D eigenvalue weighted by Crippen LogP contribution is 2.46. The number of aryl methyl sites for hydroxylation is 2. The van der Waals surface area contributed by atoms with Crippen LogP contribution in [0.4, 0.5) is 11.4 Å². The first-order chi connectivity index (χ1) is 16.7. The molecule has 2 amide bonds. The number of anilines is 2. The molecule has 0 aromatic heterocycles. The monoisotopic (exact) mass is 470 g/mol. The normalized spacial score (nSPS) is 24.0. The first-order valence-corrected chi connectivity index (χ1v) is 11.7. The van der Waals surface area contributed by atoms with E-state index in [1.54, 1.807) is 36.4 Å². The Morgan fingerprint density at radius 1 is 0.800 bits per heavy atom. The zero-order chi connectivity index (χ0) is 25.2. The third-order valence-electron chi connectivity index (χ3n) is 6.82. The Morgan fingerprint density at radius 3 is 1.83 bits per heavy atom. The second-order valence-electron chi connectivity index (χ2n) is 9.50. The predicted octanol–water partition coefficient (Wildman–Crippen LogP) is 4.62. The van der Waals surface area contributed by atoms with Gasteiger partial charge in [0, 0.05) is 23.7 Å². The van der Waals surface area contributed by atoms with Gasteiger partial charge in [-0.25, -0.2) is 0 Å². The fourth-order valence-electron chi connectivity index (χ4n) is 5.01. The van der Waals surface area contributed by atoms with E-state index in [0.29, 0.717) is 16.9 Å². The average molecular weight is 471 g/mol. The van der Waals surface area contributed by atoms with E-state index >= 15 is 0 Å². The van der Waals surface area contributed by atoms with Gasteiger partial charge >= 0.3 is 0 Å². The Hall–Kier alpha value is -3.77. The van der Waals surface area contributed by atoms with E-state index in [1.165, 1.54) is 6.92 Å². The molecule has 0 aliphatic heterocycles. The van der Waals surface area contributed by atoms with Crippen molar-refractivity contribution in [2.24, 2.45) is 11.8 Å². The summed E-state index contributed by atoms with van der Waals surface area (Å²) in [5.41, 5.74) is 1.98. The van der Waals surface area contributed by atoms with Crippen LogP contribution in [-0.2, 0) is 14.4 Å². The van der Waals surface area contributed by atoms with Gasteiger partial charge in [0.15, 0.2) is 0 Å². The first-order valence-electron chi connectivity index (χ1n) is 11.7. The van der Waals surface area contributed by atoms with Gasteiger partial charge in [-0.2, -0.15) is 0 Å². The summed E-state index contributed by atoms with van der Waals surface area (Å²) in [6.45, 7) is 5.25. The fourth-order valence-corrected chi connectivity index (χ4v) is 5.01. The molecule has 1 saturated carbocycles. The van der Waals surface area contributed by atoms with Crippen molar-refractivity contribution >= 4 is 29.0 Å². The van der Waals surface area contributed by atoms with Crippen molar-refractivity contribution in [3.63, 3.8) is 0 Å². The molecule has 1 aliphatic carbocycles. The molecule has 0 bridgehead atoms. The number of carbonyl (C=O) groups is 3. The minimum absolute atomic E-state index is 0.298. The van der Waals surface area contributed by atoms with E-state index in [2.05, 4.69) is 10.6 Å². The first kappa shape index (κ1) is 24.4. The maximum absolute atomic E-state index is 13.7. The van der Waals surface area contributed by atoms with Crippen molar-refractivity contribution < 1.29 is 19.5 Å². The van der Waals surface area contributed by atoms with Crippen molar-refractivity contribution in [1.29, 1.82) is 0 Å². The van der Waals surface area contributed by atoms with Crippen LogP contribution in [0.5, 0.6) is 0 Å². The molecule has 3 N–H and O–H groups in total. The number of Topliss-reactive ketones (excluding diaryl/α,β-unsaturated/α-hetero) is 1. The molecule has 6 heteroatoms. The van der Waals surface area contributed by atoms with E-state index in [0.717, 1.165) is 11.1 Å². The maximum atomic E-state index is 13.7. The van der Waals surface area contributed by atoms with Crippen LogP contribution in [0.25, 0.3) is 0 Å². The number of aliphatic hydroxyl groups is 1. The molecule has 0 heterocycles. The lowest BCUT2D eigenvalue weighted by Crippen LogP contribution is -2.56. The summed E-state index contributed by atoms with van der Waals surface area (Å²) >= 11 is 0. The number of para-hydroxylation sites is 2. The van der Waals surface area contributed by atoms with Gasteiger partial charge in [0.1, 0.15) is 11.7 Å². The standard InChI is InChI=1S/C29H30N2O4/c1-18-11-7-9-15-21(18)30-27(33)25-23(32)17-29(3,35)26(24(25)20-13-5-4-6-14-20)28(34)31-22-16-10-8-12-19(22)2/h4-16,24-26,35H,17H2,1-3H3,(H,30,33)(H,31,34)/t24-,25-,26+,29-/m0/s1. The molecule has 0 spiro atoms. The lowest BCUT2D eigenvalue weighted by atomic mass is 9.61. The summed E-state index contributed by atoms with van der Waals surface area (Å²) in [5.74, 6) is -4.32. The lowest BCUT2D eigenvalue weighted by molar-refractivity contribution is -0.150. The van der Waals surface area contributed by atoms with E-state index in [4.69, 9.17) is 0 Å². The van der Waals surface area contributed by atoms with Gasteiger partial charge in [0.05, 0.1) is 11.5 Å². The average Bonchev–Trinajstić information content (AvgIpc) is 2.81. The summed E-state index contributed by atoms with van der Waals surface area (Å²) in [4.78, 5) is 40.6. The Labute approximate surface area is 205 Å². The van der Waals surface area contributed by atoms with Crippen LogP contribution in [0.2, 0.25) is 0 Å². The molecule has 35 heavy (non-hydrogen) atoms. The van der Waals surface area contributed by atoms with Crippen molar-refractivity contribution in [2.45, 2.75) is 38.7 Å². The summed E-state index contributed by atoms with van der Waals surface area (Å²) in [6.07, 6.45) is -0.298. The zero-order valence-corrected chi connectivity index (χ0v) is 20.1. The van der Waals surface area contributed by atoms with Crippen LogP contribution in [-0.4, -0.2) is 28.3 Å². The molecule has 4 atom stereocenters. The highest BCUT2D eigenvalue weighted by molar-refractivity contribution is 6.10. The molecule has 180 valence electrons. The molecule has 3 aromatic carbocycles. The number of ketones is 1. The molecular formula is C29H30N2O4. The van der Waals surface area contributed by atoms with Crippen molar-refractivity contribution in [1.82, 2.24) is 0 Å². The summed E-state index contributed by atoms with van der Waals surface area (Å²) in [7, 11) is 0. The number of nitrogens with one attached hydrogen (secondary N) is 2. The topological polar surface area (TPSA) is 95.5 Å². The van der Waals surface area contributed by atoms with Crippen molar-refractivity contribution in [3.05, 3.63) is 95.6 Å². The van der Waals surface area contributed by atoms with Crippen molar-refractivity contribution in [3.8, 4) is 0 Å². The molecule has 0 radical (unpaired) electrons. The summed E-state index contributed by atoms with van der Waals surface area (Å²) in [6, 6.07) is 23.7. The van der Waals surface area contributed by atoms with Gasteiger partial charge < -0.3 is 15.7 Å². The second-order valence-corrected chi connectivity index (χ2v) is 9.50. The highest BCUT2D eigenvalue weighted by Gasteiger charge is 2.55. The Kier molecular flexibility index (Phi) is 6.85. The van der Waals surface area contributed by atoms with Crippen LogP contribution < -0.4 is 10.6 Å². The van der Waals surface area contributed by atoms with Crippen LogP contribution in [0.3, 0.4) is 0 Å². The number of hydrogen-bond donors (Lipinski definition) is 3. The molecule has 6 nitrogen and oxygen atoms in total. The molecule has 4 rings (SSSR count). The van der Waals surface area contributed by atoms with Gasteiger partial charge in [-0.15, -0.1) is 0 Å². The quantitative estimate of drug-likeness (QED) is 0.474. The summed E-state index contributed by atoms with van der Waals surface area (Å²) in [5, 5.41) is 17.2.